The summed E-state index contributed by atoms with van der Waals surface area (Å²) in [5.41, 5.74) is 5.78. The lowest BCUT2D eigenvalue weighted by Gasteiger charge is -2.38. The zero-order valence-electron chi connectivity index (χ0n) is 13.4. The van der Waals surface area contributed by atoms with Crippen LogP contribution in [0.5, 0.6) is 0 Å². The number of amides is 1. The van der Waals surface area contributed by atoms with E-state index in [1.807, 2.05) is 4.90 Å². The number of nitrogens with one attached hydrogen (secondary N) is 3. The summed E-state index contributed by atoms with van der Waals surface area (Å²) in [6.45, 7) is 0.668. The lowest BCUT2D eigenvalue weighted by atomic mass is 10.1. The Kier molecular flexibility index (Phi) is 5.64. The summed E-state index contributed by atoms with van der Waals surface area (Å²) in [6, 6.07) is -0.488. The van der Waals surface area contributed by atoms with E-state index < -0.39 is 43.0 Å². The van der Waals surface area contributed by atoms with Crippen LogP contribution in [-0.2, 0) is 19.0 Å². The molecule has 138 valence electrons. The van der Waals surface area contributed by atoms with E-state index in [1.54, 1.807) is 7.11 Å². The van der Waals surface area contributed by atoms with E-state index in [2.05, 4.69) is 16.0 Å². The summed E-state index contributed by atoms with van der Waals surface area (Å²) in [6.07, 6.45) is -4.14. The van der Waals surface area contributed by atoms with Crippen LogP contribution in [0.3, 0.4) is 0 Å². The molecule has 7 atom stereocenters. The van der Waals surface area contributed by atoms with Crippen LogP contribution in [0.2, 0.25) is 0 Å². The van der Waals surface area contributed by atoms with Crippen molar-refractivity contribution in [1.82, 2.24) is 20.9 Å². The fraction of sp³-hybridized carbons (Fsp3) is 0.923. The first kappa shape index (κ1) is 17.9. The molecule has 3 rings (SSSR count). The number of rotatable bonds is 6. The Morgan fingerprint density at radius 1 is 1.46 bits per heavy atom. The molecule has 0 radical (unpaired) electrons. The Morgan fingerprint density at radius 2 is 2.25 bits per heavy atom. The minimum atomic E-state index is -0.984. The van der Waals surface area contributed by atoms with Gasteiger partial charge in [0.05, 0.1) is 32.7 Å². The number of ether oxygens (including phenoxy) is 3. The lowest BCUT2D eigenvalue weighted by molar-refractivity contribution is -0.138. The molecule has 11 heteroatoms. The van der Waals surface area contributed by atoms with Crippen molar-refractivity contribution in [2.45, 2.75) is 43.0 Å². The molecule has 3 aliphatic heterocycles. The normalized spacial score (nSPS) is 43.0. The quantitative estimate of drug-likeness (QED) is 0.260. The van der Waals surface area contributed by atoms with Gasteiger partial charge in [0, 0.05) is 7.11 Å². The maximum atomic E-state index is 12.0. The van der Waals surface area contributed by atoms with Crippen LogP contribution >= 0.6 is 0 Å². The van der Waals surface area contributed by atoms with Crippen LogP contribution in [0, 0.1) is 0 Å². The molecule has 0 saturated carbocycles. The third kappa shape index (κ3) is 3.27. The van der Waals surface area contributed by atoms with Crippen molar-refractivity contribution in [2.24, 2.45) is 5.73 Å². The predicted molar refractivity (Wildman–Crippen MR) is 80.0 cm³/mol. The molecule has 0 aromatic heterocycles. The fourth-order valence-corrected chi connectivity index (χ4v) is 3.33. The third-order valence-electron chi connectivity index (χ3n) is 4.51. The van der Waals surface area contributed by atoms with Crippen molar-refractivity contribution in [1.29, 1.82) is 0 Å². The fourth-order valence-electron chi connectivity index (χ4n) is 3.33. The van der Waals surface area contributed by atoms with Gasteiger partial charge in [-0.3, -0.25) is 21.2 Å². The highest BCUT2D eigenvalue weighted by Gasteiger charge is 2.53. The van der Waals surface area contributed by atoms with E-state index in [9.17, 15) is 15.0 Å². The number of nitrogens with two attached hydrogens (primary N) is 1. The van der Waals surface area contributed by atoms with Gasteiger partial charge in [0.2, 0.25) is 5.91 Å². The molecule has 3 unspecified atom stereocenters. The van der Waals surface area contributed by atoms with Gasteiger partial charge in [0.1, 0.15) is 36.9 Å². The highest BCUT2D eigenvalue weighted by Crippen LogP contribution is 2.30. The Morgan fingerprint density at radius 3 is 2.96 bits per heavy atom. The molecule has 1 amide bonds. The van der Waals surface area contributed by atoms with Crippen LogP contribution in [0.15, 0.2) is 0 Å². The number of hydrogen-bond acceptors (Lipinski definition) is 10. The number of carbonyl (C=O) groups excluding carboxylic acids is 1. The smallest absolute Gasteiger partial charge is 0.242 e. The number of aliphatic hydroxyl groups excluding tert-OH is 2. The first-order valence-electron chi connectivity index (χ1n) is 7.93. The number of carbonyl (C=O) groups is 1. The van der Waals surface area contributed by atoms with Crippen LogP contribution in [0.1, 0.15) is 0 Å². The van der Waals surface area contributed by atoms with Crippen molar-refractivity contribution in [3.8, 4) is 0 Å². The molecular weight excluding hydrogens is 322 g/mol. The molecule has 0 spiro atoms. The highest BCUT2D eigenvalue weighted by atomic mass is 16.6. The minimum absolute atomic E-state index is 0.206. The monoisotopic (exact) mass is 347 g/mol. The lowest BCUT2D eigenvalue weighted by Crippen LogP contribution is -2.71. The van der Waals surface area contributed by atoms with Crippen molar-refractivity contribution in [3.05, 3.63) is 0 Å². The molecule has 3 heterocycles. The molecule has 0 aromatic carbocycles. The van der Waals surface area contributed by atoms with Gasteiger partial charge in [-0.15, -0.1) is 0 Å². The van der Waals surface area contributed by atoms with Gasteiger partial charge in [-0.25, -0.2) is 4.90 Å². The SMILES string of the molecule is COCCO[C@@H]1[C@H](O)[C@@H](CO)O[C@H]1N1CNC2C(=O)NC(N)NC21. The Hall–Kier alpha value is -0.890. The van der Waals surface area contributed by atoms with Crippen LogP contribution in [0.4, 0.5) is 0 Å². The summed E-state index contributed by atoms with van der Waals surface area (Å²) >= 11 is 0. The summed E-state index contributed by atoms with van der Waals surface area (Å²) in [5.74, 6) is -0.206. The third-order valence-corrected chi connectivity index (χ3v) is 4.51. The van der Waals surface area contributed by atoms with Gasteiger partial charge in [0.25, 0.3) is 0 Å². The zero-order valence-corrected chi connectivity index (χ0v) is 13.4. The van der Waals surface area contributed by atoms with Gasteiger partial charge >= 0.3 is 0 Å². The molecule has 7 N–H and O–H groups in total. The summed E-state index contributed by atoms with van der Waals surface area (Å²) in [5, 5.41) is 28.5. The van der Waals surface area contributed by atoms with Crippen LogP contribution in [0.25, 0.3) is 0 Å². The summed E-state index contributed by atoms with van der Waals surface area (Å²) < 4.78 is 16.4. The van der Waals surface area contributed by atoms with E-state index in [4.69, 9.17) is 19.9 Å². The van der Waals surface area contributed by atoms with E-state index >= 15 is 0 Å². The Balaban J connectivity index is 1.74. The van der Waals surface area contributed by atoms with Crippen molar-refractivity contribution in [2.75, 3.05) is 33.6 Å². The average Bonchev–Trinajstić information content (AvgIpc) is 3.09. The number of aliphatic hydroxyl groups is 2. The second-order valence-corrected chi connectivity index (χ2v) is 6.02. The molecule has 0 bridgehead atoms. The van der Waals surface area contributed by atoms with Crippen LogP contribution < -0.4 is 21.7 Å². The van der Waals surface area contributed by atoms with Gasteiger partial charge in [-0.1, -0.05) is 0 Å². The first-order valence-corrected chi connectivity index (χ1v) is 7.93. The number of hydrogen-bond donors (Lipinski definition) is 6. The molecular formula is C13H25N5O6. The topological polar surface area (TPSA) is 151 Å². The number of nitrogens with zero attached hydrogens (tertiary/aromatic N) is 1. The average molecular weight is 347 g/mol. The maximum absolute atomic E-state index is 12.0. The zero-order chi connectivity index (χ0) is 17.3. The van der Waals surface area contributed by atoms with Crippen molar-refractivity contribution in [3.63, 3.8) is 0 Å². The molecule has 11 nitrogen and oxygen atoms in total. The molecule has 3 saturated heterocycles. The number of methoxy groups -OCH3 is 1. The highest BCUT2D eigenvalue weighted by molar-refractivity contribution is 5.84. The first-order chi connectivity index (χ1) is 11.6. The van der Waals surface area contributed by atoms with Crippen LogP contribution in [-0.4, -0.2) is 97.7 Å². The second kappa shape index (κ2) is 7.56. The van der Waals surface area contributed by atoms with E-state index in [0.717, 1.165) is 0 Å². The van der Waals surface area contributed by atoms with Gasteiger partial charge in [0.15, 0.2) is 0 Å². The van der Waals surface area contributed by atoms with Crippen molar-refractivity contribution < 1.29 is 29.2 Å². The predicted octanol–water partition coefficient (Wildman–Crippen LogP) is -4.38. The minimum Gasteiger partial charge on any atom is -0.394 e. The maximum Gasteiger partial charge on any atom is 0.242 e. The largest absolute Gasteiger partial charge is 0.394 e. The number of fused-ring (bicyclic) bond motifs is 1. The van der Waals surface area contributed by atoms with Gasteiger partial charge < -0.3 is 29.7 Å². The molecule has 0 aromatic rings. The van der Waals surface area contributed by atoms with E-state index in [1.165, 1.54) is 0 Å². The standard InChI is InChI=1S/C13H25N5O6/c1-22-2-3-23-9-8(20)6(4-19)24-12(9)18-5-15-7-10(18)16-13(14)17-11(7)21/h6-10,12-13,15-16,19-20H,2-5,14H2,1H3,(H,17,21)/t6-,7?,8-,9-,10?,12-,13?/m1/s1. The van der Waals surface area contributed by atoms with E-state index in [-0.39, 0.29) is 19.1 Å². The van der Waals surface area contributed by atoms with Crippen molar-refractivity contribution >= 4 is 5.91 Å². The molecule has 24 heavy (non-hydrogen) atoms. The van der Waals surface area contributed by atoms with Gasteiger partial charge in [-0.05, 0) is 0 Å². The van der Waals surface area contributed by atoms with E-state index in [0.29, 0.717) is 13.3 Å². The Labute approximate surface area is 139 Å². The molecule has 0 aliphatic carbocycles. The Bertz CT molecular complexity index is 457. The van der Waals surface area contributed by atoms with Gasteiger partial charge in [-0.2, -0.15) is 0 Å². The summed E-state index contributed by atoms with van der Waals surface area (Å²) in [7, 11) is 1.56. The molecule has 3 fully saturated rings. The second-order valence-electron chi connectivity index (χ2n) is 6.02. The summed E-state index contributed by atoms with van der Waals surface area (Å²) in [4.78, 5) is 13.9. The molecule has 3 aliphatic rings.